The van der Waals surface area contributed by atoms with E-state index in [-0.39, 0.29) is 0 Å². The molecule has 0 radical (unpaired) electrons. The highest BCUT2D eigenvalue weighted by Crippen LogP contribution is 2.29. The summed E-state index contributed by atoms with van der Waals surface area (Å²) in [5.41, 5.74) is 1.15. The summed E-state index contributed by atoms with van der Waals surface area (Å²) in [6.07, 6.45) is 0.912. The monoisotopic (exact) mass is 359 g/mol. The molecule has 1 N–H and O–H groups in total. The van der Waals surface area contributed by atoms with Gasteiger partial charge in [0.25, 0.3) is 0 Å². The number of ether oxygens (including phenoxy) is 3. The van der Waals surface area contributed by atoms with Crippen molar-refractivity contribution in [2.24, 2.45) is 0 Å². The van der Waals surface area contributed by atoms with E-state index >= 15 is 0 Å². The van der Waals surface area contributed by atoms with Gasteiger partial charge in [0.1, 0.15) is 12.4 Å². The standard InChI is InChI=1S/C16H26BrNO3/c1-13(2)18-12-14-6-4-7-15(17)16(14)21-11-10-20-9-5-8-19-3/h4,6-7,13,18H,5,8-12H2,1-3H3. The third kappa shape index (κ3) is 7.81. The molecule has 0 atom stereocenters. The molecular weight excluding hydrogens is 334 g/mol. The SMILES string of the molecule is COCCCOCCOc1c(Br)cccc1CNC(C)C. The van der Waals surface area contributed by atoms with E-state index in [2.05, 4.69) is 41.2 Å². The van der Waals surface area contributed by atoms with Crippen LogP contribution in [0.1, 0.15) is 25.8 Å². The Labute approximate surface area is 136 Å². The molecular formula is C16H26BrNO3. The van der Waals surface area contributed by atoms with E-state index in [0.29, 0.717) is 25.9 Å². The van der Waals surface area contributed by atoms with E-state index in [1.165, 1.54) is 0 Å². The van der Waals surface area contributed by atoms with Crippen molar-refractivity contribution in [3.63, 3.8) is 0 Å². The van der Waals surface area contributed by atoms with Gasteiger partial charge < -0.3 is 19.5 Å². The summed E-state index contributed by atoms with van der Waals surface area (Å²) in [7, 11) is 1.70. The van der Waals surface area contributed by atoms with Crippen LogP contribution < -0.4 is 10.1 Å². The van der Waals surface area contributed by atoms with Crippen LogP contribution >= 0.6 is 15.9 Å². The Bertz CT molecular complexity index is 399. The Balaban J connectivity index is 2.38. The highest BCUT2D eigenvalue weighted by Gasteiger charge is 2.08. The first kappa shape index (κ1) is 18.4. The summed E-state index contributed by atoms with van der Waals surface area (Å²) in [5, 5.41) is 3.41. The second-order valence-electron chi connectivity index (χ2n) is 5.07. The van der Waals surface area contributed by atoms with Crippen LogP contribution in [0.4, 0.5) is 0 Å². The second kappa shape index (κ2) is 11.0. The van der Waals surface area contributed by atoms with Crippen molar-refractivity contribution in [3.8, 4) is 5.75 Å². The molecule has 0 bridgehead atoms. The van der Waals surface area contributed by atoms with Crippen molar-refractivity contribution in [2.75, 3.05) is 33.5 Å². The molecule has 0 saturated carbocycles. The lowest BCUT2D eigenvalue weighted by molar-refractivity contribution is 0.0802. The molecule has 0 aliphatic carbocycles. The van der Waals surface area contributed by atoms with Crippen molar-refractivity contribution in [3.05, 3.63) is 28.2 Å². The van der Waals surface area contributed by atoms with Gasteiger partial charge in [-0.3, -0.25) is 0 Å². The number of methoxy groups -OCH3 is 1. The molecule has 5 heteroatoms. The van der Waals surface area contributed by atoms with Gasteiger partial charge in [-0.2, -0.15) is 0 Å². The molecule has 1 rings (SSSR count). The highest BCUT2D eigenvalue weighted by atomic mass is 79.9. The lowest BCUT2D eigenvalue weighted by Crippen LogP contribution is -2.22. The fourth-order valence-corrected chi connectivity index (χ4v) is 2.30. The molecule has 0 aliphatic rings. The van der Waals surface area contributed by atoms with Gasteiger partial charge in [0.05, 0.1) is 11.1 Å². The summed E-state index contributed by atoms with van der Waals surface area (Å²) < 4.78 is 17.3. The fraction of sp³-hybridized carbons (Fsp3) is 0.625. The van der Waals surface area contributed by atoms with Gasteiger partial charge in [-0.15, -0.1) is 0 Å². The lowest BCUT2D eigenvalue weighted by Gasteiger charge is -2.15. The van der Waals surface area contributed by atoms with Gasteiger partial charge in [0.15, 0.2) is 0 Å². The molecule has 0 saturated heterocycles. The molecule has 0 spiro atoms. The maximum absolute atomic E-state index is 5.86. The van der Waals surface area contributed by atoms with Crippen LogP contribution in [0.5, 0.6) is 5.75 Å². The number of halogens is 1. The molecule has 0 aromatic heterocycles. The molecule has 0 aliphatic heterocycles. The van der Waals surface area contributed by atoms with Crippen LogP contribution in [-0.4, -0.2) is 39.6 Å². The van der Waals surface area contributed by atoms with Crippen molar-refractivity contribution < 1.29 is 14.2 Å². The predicted molar refractivity (Wildman–Crippen MR) is 88.9 cm³/mol. The zero-order valence-electron chi connectivity index (χ0n) is 13.2. The van der Waals surface area contributed by atoms with Crippen molar-refractivity contribution in [1.82, 2.24) is 5.32 Å². The number of rotatable bonds is 11. The lowest BCUT2D eigenvalue weighted by atomic mass is 10.2. The maximum atomic E-state index is 5.86. The molecule has 0 fully saturated rings. The average molecular weight is 360 g/mol. The minimum Gasteiger partial charge on any atom is -0.490 e. The first-order chi connectivity index (χ1) is 10.1. The smallest absolute Gasteiger partial charge is 0.138 e. The van der Waals surface area contributed by atoms with Crippen molar-refractivity contribution >= 4 is 15.9 Å². The number of nitrogens with one attached hydrogen (secondary N) is 1. The molecule has 1 aromatic rings. The minimum atomic E-state index is 0.445. The summed E-state index contributed by atoms with van der Waals surface area (Å²) in [4.78, 5) is 0. The number of hydrogen-bond acceptors (Lipinski definition) is 4. The Kier molecular flexibility index (Phi) is 9.67. The normalized spacial score (nSPS) is 11.1. The topological polar surface area (TPSA) is 39.7 Å². The third-order valence-corrected chi connectivity index (χ3v) is 3.48. The van der Waals surface area contributed by atoms with Crippen LogP contribution in [0.15, 0.2) is 22.7 Å². The van der Waals surface area contributed by atoms with Gasteiger partial charge in [0.2, 0.25) is 0 Å². The Morgan fingerprint density at radius 2 is 1.95 bits per heavy atom. The number of benzene rings is 1. The molecule has 120 valence electrons. The number of hydrogen-bond donors (Lipinski definition) is 1. The maximum Gasteiger partial charge on any atom is 0.138 e. The molecule has 21 heavy (non-hydrogen) atoms. The Hall–Kier alpha value is -0.620. The summed E-state index contributed by atoms with van der Waals surface area (Å²) >= 11 is 3.55. The number of para-hydroxylation sites is 1. The van der Waals surface area contributed by atoms with E-state index in [1.54, 1.807) is 7.11 Å². The van der Waals surface area contributed by atoms with Gasteiger partial charge in [-0.25, -0.2) is 0 Å². The fourth-order valence-electron chi connectivity index (χ4n) is 1.78. The summed E-state index contributed by atoms with van der Waals surface area (Å²) in [6.45, 7) is 7.62. The van der Waals surface area contributed by atoms with Crippen LogP contribution in [0.25, 0.3) is 0 Å². The summed E-state index contributed by atoms with van der Waals surface area (Å²) in [5.74, 6) is 0.895. The first-order valence-electron chi connectivity index (χ1n) is 7.35. The summed E-state index contributed by atoms with van der Waals surface area (Å²) in [6, 6.07) is 6.54. The first-order valence-corrected chi connectivity index (χ1v) is 8.14. The Morgan fingerprint density at radius 3 is 2.67 bits per heavy atom. The third-order valence-electron chi connectivity index (χ3n) is 2.86. The minimum absolute atomic E-state index is 0.445. The van der Waals surface area contributed by atoms with Gasteiger partial charge in [0, 0.05) is 38.5 Å². The van der Waals surface area contributed by atoms with Crippen molar-refractivity contribution in [2.45, 2.75) is 32.9 Å². The largest absolute Gasteiger partial charge is 0.490 e. The molecule has 0 amide bonds. The van der Waals surface area contributed by atoms with Crippen LogP contribution in [0, 0.1) is 0 Å². The molecule has 1 aromatic carbocycles. The van der Waals surface area contributed by atoms with Crippen molar-refractivity contribution in [1.29, 1.82) is 0 Å². The van der Waals surface area contributed by atoms with Crippen LogP contribution in [0.3, 0.4) is 0 Å². The van der Waals surface area contributed by atoms with E-state index < -0.39 is 0 Å². The predicted octanol–water partition coefficient (Wildman–Crippen LogP) is 3.38. The quantitative estimate of drug-likeness (QED) is 0.614. The zero-order chi connectivity index (χ0) is 15.5. The highest BCUT2D eigenvalue weighted by molar-refractivity contribution is 9.10. The van der Waals surface area contributed by atoms with E-state index in [0.717, 1.165) is 35.4 Å². The Morgan fingerprint density at radius 1 is 1.14 bits per heavy atom. The zero-order valence-corrected chi connectivity index (χ0v) is 14.7. The van der Waals surface area contributed by atoms with E-state index in [9.17, 15) is 0 Å². The van der Waals surface area contributed by atoms with E-state index in [1.807, 2.05) is 12.1 Å². The molecule has 0 unspecified atom stereocenters. The van der Waals surface area contributed by atoms with E-state index in [4.69, 9.17) is 14.2 Å². The van der Waals surface area contributed by atoms with Gasteiger partial charge >= 0.3 is 0 Å². The molecule has 4 nitrogen and oxygen atoms in total. The second-order valence-corrected chi connectivity index (χ2v) is 5.93. The van der Waals surface area contributed by atoms with Crippen LogP contribution in [0.2, 0.25) is 0 Å². The van der Waals surface area contributed by atoms with Crippen LogP contribution in [-0.2, 0) is 16.0 Å². The molecule has 0 heterocycles. The van der Waals surface area contributed by atoms with Gasteiger partial charge in [-0.1, -0.05) is 26.0 Å². The average Bonchev–Trinajstić information content (AvgIpc) is 2.46. The van der Waals surface area contributed by atoms with Gasteiger partial charge in [-0.05, 0) is 28.4 Å².